The molecular formula is C10H19B. The third-order valence-corrected chi connectivity index (χ3v) is 3.24. The molecule has 0 N–H and O–H groups in total. The Morgan fingerprint density at radius 1 is 1.00 bits per heavy atom. The van der Waals surface area contributed by atoms with Gasteiger partial charge >= 0.3 is 0 Å². The molecular weight excluding hydrogens is 131 g/mol. The molecule has 0 nitrogen and oxygen atoms in total. The lowest BCUT2D eigenvalue weighted by atomic mass is 9.49. The van der Waals surface area contributed by atoms with E-state index in [0.717, 1.165) is 0 Å². The molecule has 0 aromatic heterocycles. The lowest BCUT2D eigenvalue weighted by molar-refractivity contribution is 0.200. The molecule has 0 aliphatic heterocycles. The van der Waals surface area contributed by atoms with Crippen molar-refractivity contribution < 1.29 is 0 Å². The summed E-state index contributed by atoms with van der Waals surface area (Å²) in [5.41, 5.74) is 0.285. The van der Waals surface area contributed by atoms with E-state index in [1.165, 1.54) is 32.1 Å². The van der Waals surface area contributed by atoms with Crippen LogP contribution in [0.25, 0.3) is 0 Å². The van der Waals surface area contributed by atoms with E-state index in [0.29, 0.717) is 0 Å². The first-order valence-electron chi connectivity index (χ1n) is 4.75. The zero-order valence-electron chi connectivity index (χ0n) is 8.11. The van der Waals surface area contributed by atoms with Crippen molar-refractivity contribution in [3.8, 4) is 0 Å². The Morgan fingerprint density at radius 3 is 1.73 bits per heavy atom. The van der Waals surface area contributed by atoms with Gasteiger partial charge in [-0.1, -0.05) is 58.2 Å². The van der Waals surface area contributed by atoms with Gasteiger partial charge in [0.2, 0.25) is 0 Å². The number of hydrogen-bond donors (Lipinski definition) is 0. The van der Waals surface area contributed by atoms with Crippen molar-refractivity contribution in [1.29, 1.82) is 0 Å². The molecule has 0 bridgehead atoms. The van der Waals surface area contributed by atoms with Crippen molar-refractivity contribution in [1.82, 2.24) is 0 Å². The molecule has 62 valence electrons. The fourth-order valence-electron chi connectivity index (χ4n) is 1.93. The highest BCUT2D eigenvalue weighted by molar-refractivity contribution is 6.15. The SMILES string of the molecule is [B]C1(C(C)(C)C)CCCCC1. The maximum Gasteiger partial charge on any atom is 0.0753 e. The predicted octanol–water partition coefficient (Wildman–Crippen LogP) is 3.32. The Balaban J connectivity index is 2.64. The van der Waals surface area contributed by atoms with Gasteiger partial charge in [0.1, 0.15) is 0 Å². The van der Waals surface area contributed by atoms with Crippen LogP contribution in [0, 0.1) is 5.41 Å². The highest BCUT2D eigenvalue weighted by Crippen LogP contribution is 2.52. The fourth-order valence-corrected chi connectivity index (χ4v) is 1.93. The Morgan fingerprint density at radius 2 is 1.45 bits per heavy atom. The number of hydrogen-bond acceptors (Lipinski definition) is 0. The monoisotopic (exact) mass is 150 g/mol. The van der Waals surface area contributed by atoms with Crippen LogP contribution in [0.4, 0.5) is 0 Å². The maximum atomic E-state index is 6.34. The van der Waals surface area contributed by atoms with Gasteiger partial charge < -0.3 is 0 Å². The zero-order valence-corrected chi connectivity index (χ0v) is 8.11. The summed E-state index contributed by atoms with van der Waals surface area (Å²) in [7, 11) is 6.34. The van der Waals surface area contributed by atoms with Gasteiger partial charge in [0.25, 0.3) is 0 Å². The van der Waals surface area contributed by atoms with Gasteiger partial charge in [0, 0.05) is 0 Å². The molecule has 1 fully saturated rings. The molecule has 0 atom stereocenters. The summed E-state index contributed by atoms with van der Waals surface area (Å²) in [5, 5.41) is 0.116. The molecule has 0 spiro atoms. The minimum atomic E-state index is 0.116. The second-order valence-electron chi connectivity index (χ2n) is 4.97. The molecule has 0 saturated heterocycles. The van der Waals surface area contributed by atoms with Crippen LogP contribution in [0.1, 0.15) is 52.9 Å². The molecule has 0 aromatic carbocycles. The van der Waals surface area contributed by atoms with E-state index >= 15 is 0 Å². The summed E-state index contributed by atoms with van der Waals surface area (Å²) in [6, 6.07) is 0. The van der Waals surface area contributed by atoms with Gasteiger partial charge in [-0.2, -0.15) is 0 Å². The fraction of sp³-hybridized carbons (Fsp3) is 1.00. The highest BCUT2D eigenvalue weighted by atomic mass is 14.4. The van der Waals surface area contributed by atoms with E-state index < -0.39 is 0 Å². The van der Waals surface area contributed by atoms with Crippen molar-refractivity contribution in [3.63, 3.8) is 0 Å². The maximum absolute atomic E-state index is 6.34. The van der Waals surface area contributed by atoms with Crippen LogP contribution in [0.15, 0.2) is 0 Å². The average molecular weight is 150 g/mol. The van der Waals surface area contributed by atoms with E-state index in [-0.39, 0.29) is 10.7 Å². The normalized spacial score (nSPS) is 25.0. The summed E-state index contributed by atoms with van der Waals surface area (Å²) in [6.07, 6.45) is 6.48. The van der Waals surface area contributed by atoms with Crippen LogP contribution >= 0.6 is 0 Å². The van der Waals surface area contributed by atoms with Crippen LogP contribution in [0.5, 0.6) is 0 Å². The lowest BCUT2D eigenvalue weighted by Crippen LogP contribution is -2.31. The van der Waals surface area contributed by atoms with Gasteiger partial charge in [0.05, 0.1) is 7.85 Å². The van der Waals surface area contributed by atoms with Crippen LogP contribution < -0.4 is 0 Å². The quantitative estimate of drug-likeness (QED) is 0.464. The van der Waals surface area contributed by atoms with Gasteiger partial charge in [-0.3, -0.25) is 0 Å². The standard InChI is InChI=1S/C10H19B/c1-9(2,3)10(11)7-5-4-6-8-10/h4-8H2,1-3H3. The molecule has 0 unspecified atom stereocenters. The molecule has 1 rings (SSSR count). The van der Waals surface area contributed by atoms with Crippen molar-refractivity contribution in [2.45, 2.75) is 58.2 Å². The molecule has 2 radical (unpaired) electrons. The van der Waals surface area contributed by atoms with Crippen molar-refractivity contribution in [2.24, 2.45) is 5.41 Å². The van der Waals surface area contributed by atoms with E-state index in [4.69, 9.17) is 7.85 Å². The summed E-state index contributed by atoms with van der Waals surface area (Å²) < 4.78 is 0. The molecule has 11 heavy (non-hydrogen) atoms. The second-order valence-corrected chi connectivity index (χ2v) is 4.97. The summed E-state index contributed by atoms with van der Waals surface area (Å²) in [4.78, 5) is 0. The molecule has 0 amide bonds. The van der Waals surface area contributed by atoms with Gasteiger partial charge in [-0.25, -0.2) is 0 Å². The Hall–Kier alpha value is 0.0649. The smallest absolute Gasteiger partial charge is 0.0613 e. The zero-order chi connectivity index (χ0) is 8.54. The molecule has 1 saturated carbocycles. The molecule has 0 heterocycles. The van der Waals surface area contributed by atoms with E-state index in [1.54, 1.807) is 0 Å². The second kappa shape index (κ2) is 2.84. The highest BCUT2D eigenvalue weighted by Gasteiger charge is 2.37. The van der Waals surface area contributed by atoms with Crippen LogP contribution in [0.3, 0.4) is 0 Å². The van der Waals surface area contributed by atoms with Crippen LogP contribution in [-0.2, 0) is 0 Å². The van der Waals surface area contributed by atoms with Crippen molar-refractivity contribution >= 4 is 7.85 Å². The average Bonchev–Trinajstić information content (AvgIpc) is 1.87. The number of rotatable bonds is 0. The van der Waals surface area contributed by atoms with E-state index in [2.05, 4.69) is 20.8 Å². The first kappa shape index (κ1) is 9.16. The van der Waals surface area contributed by atoms with Crippen LogP contribution in [-0.4, -0.2) is 7.85 Å². The van der Waals surface area contributed by atoms with E-state index in [9.17, 15) is 0 Å². The Bertz CT molecular complexity index is 126. The third kappa shape index (κ3) is 1.80. The largest absolute Gasteiger partial charge is 0.0753 e. The summed E-state index contributed by atoms with van der Waals surface area (Å²) in [5.74, 6) is 0. The minimum absolute atomic E-state index is 0.116. The van der Waals surface area contributed by atoms with Gasteiger partial charge in [0.15, 0.2) is 0 Å². The molecule has 1 aliphatic carbocycles. The first-order chi connectivity index (χ1) is 4.96. The van der Waals surface area contributed by atoms with Crippen molar-refractivity contribution in [2.75, 3.05) is 0 Å². The topological polar surface area (TPSA) is 0 Å². The summed E-state index contributed by atoms with van der Waals surface area (Å²) in [6.45, 7) is 6.79. The first-order valence-corrected chi connectivity index (χ1v) is 4.75. The Kier molecular flexibility index (Phi) is 2.36. The predicted molar refractivity (Wildman–Crippen MR) is 51.0 cm³/mol. The third-order valence-electron chi connectivity index (χ3n) is 3.24. The lowest BCUT2D eigenvalue weighted by Gasteiger charge is -2.45. The Labute approximate surface area is 72.2 Å². The van der Waals surface area contributed by atoms with Gasteiger partial charge in [-0.15, -0.1) is 0 Å². The van der Waals surface area contributed by atoms with Crippen molar-refractivity contribution in [3.05, 3.63) is 0 Å². The minimum Gasteiger partial charge on any atom is -0.0613 e. The van der Waals surface area contributed by atoms with E-state index in [1.807, 2.05) is 0 Å². The van der Waals surface area contributed by atoms with Gasteiger partial charge in [-0.05, 0) is 5.41 Å². The van der Waals surface area contributed by atoms with Crippen LogP contribution in [0.2, 0.25) is 5.31 Å². The summed E-state index contributed by atoms with van der Waals surface area (Å²) >= 11 is 0. The molecule has 0 aromatic rings. The molecule has 1 aliphatic rings. The molecule has 1 heteroatoms.